The number of benzene rings is 1. The molecule has 1 aliphatic heterocycles. The van der Waals surface area contributed by atoms with Gasteiger partial charge < -0.3 is 19.9 Å². The molecule has 4 nitrogen and oxygen atoms in total. The first-order valence-corrected chi connectivity index (χ1v) is 8.00. The van der Waals surface area contributed by atoms with E-state index in [-0.39, 0.29) is 0 Å². The van der Waals surface area contributed by atoms with Crippen LogP contribution in [0.5, 0.6) is 11.5 Å². The Labute approximate surface area is 126 Å². The van der Waals surface area contributed by atoms with Gasteiger partial charge in [-0.1, -0.05) is 19.4 Å². The number of hydrogen-bond donors (Lipinski definition) is 2. The highest BCUT2D eigenvalue weighted by Gasteiger charge is 2.32. The minimum atomic E-state index is -0.526. The van der Waals surface area contributed by atoms with Crippen molar-refractivity contribution in [3.8, 4) is 11.5 Å². The summed E-state index contributed by atoms with van der Waals surface area (Å²) in [5.74, 6) is 2.44. The van der Waals surface area contributed by atoms with Gasteiger partial charge in [0.05, 0.1) is 5.60 Å². The Bertz CT molecular complexity index is 481. The molecule has 0 spiro atoms. The third-order valence-corrected chi connectivity index (χ3v) is 4.83. The highest BCUT2D eigenvalue weighted by molar-refractivity contribution is 5.44. The highest BCUT2D eigenvalue weighted by atomic mass is 16.7. The van der Waals surface area contributed by atoms with Crippen molar-refractivity contribution in [2.45, 2.75) is 51.2 Å². The normalized spacial score (nSPS) is 27.8. The average molecular weight is 291 g/mol. The van der Waals surface area contributed by atoms with Crippen LogP contribution >= 0.6 is 0 Å². The van der Waals surface area contributed by atoms with Crippen molar-refractivity contribution < 1.29 is 14.6 Å². The topological polar surface area (TPSA) is 50.7 Å². The van der Waals surface area contributed by atoms with Crippen LogP contribution in [0.2, 0.25) is 0 Å². The summed E-state index contributed by atoms with van der Waals surface area (Å²) in [7, 11) is 0. The maximum Gasteiger partial charge on any atom is 0.231 e. The molecule has 21 heavy (non-hydrogen) atoms. The SMILES string of the molecule is CCC1CCC(O)(CNCc2ccc3c(c2)OCO3)CC1. The molecule has 0 amide bonds. The van der Waals surface area contributed by atoms with Crippen molar-refractivity contribution >= 4 is 0 Å². The van der Waals surface area contributed by atoms with Crippen LogP contribution in [0.3, 0.4) is 0 Å². The van der Waals surface area contributed by atoms with Gasteiger partial charge in [0.2, 0.25) is 6.79 Å². The minimum absolute atomic E-state index is 0.310. The van der Waals surface area contributed by atoms with E-state index >= 15 is 0 Å². The van der Waals surface area contributed by atoms with Gasteiger partial charge in [0, 0.05) is 13.1 Å². The zero-order chi connectivity index (χ0) is 14.7. The molecule has 1 aromatic rings. The van der Waals surface area contributed by atoms with Crippen molar-refractivity contribution in [3.63, 3.8) is 0 Å². The van der Waals surface area contributed by atoms with Crippen LogP contribution in [0.1, 0.15) is 44.6 Å². The number of hydrogen-bond acceptors (Lipinski definition) is 4. The Balaban J connectivity index is 1.47. The lowest BCUT2D eigenvalue weighted by Crippen LogP contribution is -2.43. The second-order valence-electron chi connectivity index (χ2n) is 6.37. The molecular formula is C17H25NO3. The molecule has 4 heteroatoms. The highest BCUT2D eigenvalue weighted by Crippen LogP contribution is 2.34. The Morgan fingerprint density at radius 2 is 2.00 bits per heavy atom. The van der Waals surface area contributed by atoms with Gasteiger partial charge in [0.25, 0.3) is 0 Å². The number of fused-ring (bicyclic) bond motifs is 1. The number of nitrogens with one attached hydrogen (secondary N) is 1. The van der Waals surface area contributed by atoms with Crippen LogP contribution < -0.4 is 14.8 Å². The Hall–Kier alpha value is -1.26. The molecule has 116 valence electrons. The second kappa shape index (κ2) is 6.24. The lowest BCUT2D eigenvalue weighted by molar-refractivity contribution is -0.00881. The van der Waals surface area contributed by atoms with E-state index in [4.69, 9.17) is 9.47 Å². The molecule has 0 aromatic heterocycles. The molecule has 2 aliphatic rings. The quantitative estimate of drug-likeness (QED) is 0.876. The largest absolute Gasteiger partial charge is 0.454 e. The van der Waals surface area contributed by atoms with Crippen LogP contribution in [0.25, 0.3) is 0 Å². The molecule has 1 heterocycles. The number of ether oxygens (including phenoxy) is 2. The Morgan fingerprint density at radius 1 is 1.24 bits per heavy atom. The van der Waals surface area contributed by atoms with Crippen LogP contribution in [0.15, 0.2) is 18.2 Å². The van der Waals surface area contributed by atoms with Gasteiger partial charge in [0.15, 0.2) is 11.5 Å². The van der Waals surface area contributed by atoms with Crippen molar-refractivity contribution in [1.82, 2.24) is 5.32 Å². The molecule has 0 atom stereocenters. The van der Waals surface area contributed by atoms with Gasteiger partial charge in [-0.25, -0.2) is 0 Å². The zero-order valence-corrected chi connectivity index (χ0v) is 12.7. The van der Waals surface area contributed by atoms with Crippen molar-refractivity contribution in [2.75, 3.05) is 13.3 Å². The van der Waals surface area contributed by atoms with E-state index in [0.717, 1.165) is 55.2 Å². The smallest absolute Gasteiger partial charge is 0.231 e. The van der Waals surface area contributed by atoms with Gasteiger partial charge in [-0.15, -0.1) is 0 Å². The predicted octanol–water partition coefficient (Wildman–Crippen LogP) is 2.84. The summed E-state index contributed by atoms with van der Waals surface area (Å²) >= 11 is 0. The summed E-state index contributed by atoms with van der Waals surface area (Å²) in [6.45, 7) is 3.96. The summed E-state index contributed by atoms with van der Waals surface area (Å²) in [5.41, 5.74) is 0.632. The molecule has 3 rings (SSSR count). The molecule has 0 unspecified atom stereocenters. The fraction of sp³-hybridized carbons (Fsp3) is 0.647. The van der Waals surface area contributed by atoms with Crippen LogP contribution in [0, 0.1) is 5.92 Å². The third-order valence-electron chi connectivity index (χ3n) is 4.83. The monoisotopic (exact) mass is 291 g/mol. The molecule has 1 saturated carbocycles. The first-order chi connectivity index (χ1) is 10.2. The summed E-state index contributed by atoms with van der Waals surface area (Å²) in [4.78, 5) is 0. The van der Waals surface area contributed by atoms with Gasteiger partial charge >= 0.3 is 0 Å². The summed E-state index contributed by atoms with van der Waals surface area (Å²) in [5, 5.41) is 14.0. The van der Waals surface area contributed by atoms with E-state index in [1.807, 2.05) is 18.2 Å². The van der Waals surface area contributed by atoms with E-state index in [1.165, 1.54) is 6.42 Å². The number of rotatable bonds is 5. The lowest BCUT2D eigenvalue weighted by atomic mass is 9.78. The van der Waals surface area contributed by atoms with E-state index in [9.17, 15) is 5.11 Å². The number of aliphatic hydroxyl groups is 1. The fourth-order valence-electron chi connectivity index (χ4n) is 3.29. The van der Waals surface area contributed by atoms with Crippen LogP contribution in [0.4, 0.5) is 0 Å². The van der Waals surface area contributed by atoms with Gasteiger partial charge in [-0.2, -0.15) is 0 Å². The van der Waals surface area contributed by atoms with Gasteiger partial charge in [0.1, 0.15) is 0 Å². The minimum Gasteiger partial charge on any atom is -0.454 e. The maximum atomic E-state index is 10.6. The molecular weight excluding hydrogens is 266 g/mol. The van der Waals surface area contributed by atoms with Crippen molar-refractivity contribution in [2.24, 2.45) is 5.92 Å². The van der Waals surface area contributed by atoms with E-state index < -0.39 is 5.60 Å². The van der Waals surface area contributed by atoms with Crippen LogP contribution in [-0.4, -0.2) is 24.0 Å². The zero-order valence-electron chi connectivity index (χ0n) is 12.7. The molecule has 2 N–H and O–H groups in total. The van der Waals surface area contributed by atoms with Crippen molar-refractivity contribution in [1.29, 1.82) is 0 Å². The van der Waals surface area contributed by atoms with Gasteiger partial charge in [-0.05, 0) is 49.3 Å². The first kappa shape index (κ1) is 14.7. The molecule has 0 radical (unpaired) electrons. The predicted molar refractivity (Wildman–Crippen MR) is 81.5 cm³/mol. The average Bonchev–Trinajstić information content (AvgIpc) is 2.95. The summed E-state index contributed by atoms with van der Waals surface area (Å²) < 4.78 is 10.7. The van der Waals surface area contributed by atoms with E-state index in [0.29, 0.717) is 13.3 Å². The molecule has 0 saturated heterocycles. The fourth-order valence-corrected chi connectivity index (χ4v) is 3.29. The molecule has 1 aromatic carbocycles. The Kier molecular flexibility index (Phi) is 4.36. The van der Waals surface area contributed by atoms with E-state index in [2.05, 4.69) is 12.2 Å². The molecule has 1 aliphatic carbocycles. The van der Waals surface area contributed by atoms with Crippen LogP contribution in [-0.2, 0) is 6.54 Å². The van der Waals surface area contributed by atoms with Gasteiger partial charge in [-0.3, -0.25) is 0 Å². The summed E-state index contributed by atoms with van der Waals surface area (Å²) in [6, 6.07) is 5.99. The first-order valence-electron chi connectivity index (χ1n) is 8.00. The summed E-state index contributed by atoms with van der Waals surface area (Å²) in [6.07, 6.45) is 5.37. The van der Waals surface area contributed by atoms with E-state index in [1.54, 1.807) is 0 Å². The molecule has 1 fully saturated rings. The maximum absolute atomic E-state index is 10.6. The molecule has 0 bridgehead atoms. The lowest BCUT2D eigenvalue weighted by Gasteiger charge is -2.36. The van der Waals surface area contributed by atoms with Crippen molar-refractivity contribution in [3.05, 3.63) is 23.8 Å². The Morgan fingerprint density at radius 3 is 2.76 bits per heavy atom. The second-order valence-corrected chi connectivity index (χ2v) is 6.37. The third kappa shape index (κ3) is 3.50. The standard InChI is InChI=1S/C17H25NO3/c1-2-13-5-7-17(19,8-6-13)11-18-10-14-3-4-15-16(9-14)21-12-20-15/h3-4,9,13,18-19H,2,5-8,10-12H2,1H3.